The lowest BCUT2D eigenvalue weighted by Crippen LogP contribution is -2.27. The van der Waals surface area contributed by atoms with Crippen molar-refractivity contribution in [3.63, 3.8) is 0 Å². The molecule has 0 fully saturated rings. The van der Waals surface area contributed by atoms with Crippen molar-refractivity contribution in [3.8, 4) is 17.2 Å². The van der Waals surface area contributed by atoms with Crippen molar-refractivity contribution >= 4 is 16.8 Å². The van der Waals surface area contributed by atoms with E-state index in [0.717, 1.165) is 40.8 Å². The van der Waals surface area contributed by atoms with Crippen LogP contribution in [-0.4, -0.2) is 31.8 Å². The quantitative estimate of drug-likeness (QED) is 0.661. The fraction of sp³-hybridized carbons (Fsp3) is 0.348. The molecular formula is C23H26N2O4. The average molecular weight is 394 g/mol. The average Bonchev–Trinajstić information content (AvgIpc) is 3.34. The van der Waals surface area contributed by atoms with Crippen LogP contribution in [0.3, 0.4) is 0 Å². The van der Waals surface area contributed by atoms with Crippen LogP contribution in [0.25, 0.3) is 10.9 Å². The molecule has 0 unspecified atom stereocenters. The largest absolute Gasteiger partial charge is 0.495 e. The van der Waals surface area contributed by atoms with Gasteiger partial charge in [0.15, 0.2) is 11.5 Å². The van der Waals surface area contributed by atoms with Crippen LogP contribution < -0.4 is 19.5 Å². The highest BCUT2D eigenvalue weighted by Crippen LogP contribution is 2.39. The van der Waals surface area contributed by atoms with Crippen LogP contribution in [0.4, 0.5) is 0 Å². The summed E-state index contributed by atoms with van der Waals surface area (Å²) in [5, 5.41) is 4.29. The molecule has 1 aliphatic carbocycles. The molecule has 0 aliphatic heterocycles. The van der Waals surface area contributed by atoms with Crippen LogP contribution >= 0.6 is 0 Å². The van der Waals surface area contributed by atoms with Gasteiger partial charge in [0.05, 0.1) is 32.9 Å². The molecule has 0 spiro atoms. The predicted octanol–water partition coefficient (Wildman–Crippen LogP) is 3.86. The summed E-state index contributed by atoms with van der Waals surface area (Å²) in [6.45, 7) is 0.598. The Balaban J connectivity index is 1.45. The molecule has 1 amide bonds. The van der Waals surface area contributed by atoms with Crippen molar-refractivity contribution in [2.45, 2.75) is 31.8 Å². The molecule has 1 heterocycles. The van der Waals surface area contributed by atoms with E-state index < -0.39 is 0 Å². The minimum absolute atomic E-state index is 0.00764. The summed E-state index contributed by atoms with van der Waals surface area (Å²) in [5.41, 5.74) is 3.34. The van der Waals surface area contributed by atoms with Gasteiger partial charge in [-0.25, -0.2) is 0 Å². The van der Waals surface area contributed by atoms with E-state index in [-0.39, 0.29) is 11.9 Å². The Morgan fingerprint density at radius 2 is 1.83 bits per heavy atom. The number of carbonyl (C=O) groups is 1. The van der Waals surface area contributed by atoms with Crippen molar-refractivity contribution in [2.75, 3.05) is 21.3 Å². The standard InChI is InChI=1S/C23H26N2O4/c1-27-19-6-4-5-15-9-11-25(23(15)19)12-10-22(26)24-18-8-7-16-13-20(28-2)21(29-3)14-17(16)18/h4-6,9,11,13-14,18H,7-8,10,12H2,1-3H3,(H,24,26)/t18-/m0/s1. The number of ether oxygens (including phenoxy) is 3. The molecular weight excluding hydrogens is 368 g/mol. The number of fused-ring (bicyclic) bond motifs is 2. The molecule has 0 radical (unpaired) electrons. The van der Waals surface area contributed by atoms with Gasteiger partial charge >= 0.3 is 0 Å². The third kappa shape index (κ3) is 3.62. The molecule has 6 nitrogen and oxygen atoms in total. The van der Waals surface area contributed by atoms with E-state index >= 15 is 0 Å². The minimum atomic E-state index is 0.00764. The second-order valence-corrected chi connectivity index (χ2v) is 7.22. The molecule has 152 valence electrons. The molecule has 0 bridgehead atoms. The molecule has 4 rings (SSSR count). The first-order chi connectivity index (χ1) is 14.1. The van der Waals surface area contributed by atoms with Crippen molar-refractivity contribution in [1.82, 2.24) is 9.88 Å². The Morgan fingerprint density at radius 3 is 2.59 bits per heavy atom. The number of rotatable bonds is 7. The zero-order chi connectivity index (χ0) is 20.4. The summed E-state index contributed by atoms with van der Waals surface area (Å²) in [7, 11) is 4.93. The minimum Gasteiger partial charge on any atom is -0.495 e. The fourth-order valence-corrected chi connectivity index (χ4v) is 4.15. The van der Waals surface area contributed by atoms with Gasteiger partial charge in [-0.3, -0.25) is 4.79 Å². The van der Waals surface area contributed by atoms with E-state index in [1.807, 2.05) is 42.6 Å². The van der Waals surface area contributed by atoms with Gasteiger partial charge in [0.1, 0.15) is 5.75 Å². The lowest BCUT2D eigenvalue weighted by atomic mass is 10.1. The lowest BCUT2D eigenvalue weighted by Gasteiger charge is -2.16. The van der Waals surface area contributed by atoms with Crippen LogP contribution in [0, 0.1) is 0 Å². The zero-order valence-corrected chi connectivity index (χ0v) is 17.0. The van der Waals surface area contributed by atoms with Gasteiger partial charge in [-0.15, -0.1) is 0 Å². The van der Waals surface area contributed by atoms with Crippen molar-refractivity contribution in [1.29, 1.82) is 0 Å². The molecule has 1 N–H and O–H groups in total. The Hall–Kier alpha value is -3.15. The Kier molecular flexibility index (Phi) is 5.34. The SMILES string of the molecule is COc1cc2c(cc1OC)[C@@H](NC(=O)CCn1ccc3cccc(OC)c31)CC2. The molecule has 29 heavy (non-hydrogen) atoms. The summed E-state index contributed by atoms with van der Waals surface area (Å²) in [6, 6.07) is 12.0. The summed E-state index contributed by atoms with van der Waals surface area (Å²) >= 11 is 0. The van der Waals surface area contributed by atoms with Gasteiger partial charge in [-0.05, 0) is 48.2 Å². The van der Waals surface area contributed by atoms with Gasteiger partial charge < -0.3 is 24.1 Å². The topological polar surface area (TPSA) is 61.7 Å². The number of methoxy groups -OCH3 is 3. The normalized spacial score (nSPS) is 15.2. The lowest BCUT2D eigenvalue weighted by molar-refractivity contribution is -0.122. The number of nitrogens with one attached hydrogen (secondary N) is 1. The molecule has 0 saturated carbocycles. The molecule has 2 aromatic carbocycles. The van der Waals surface area contributed by atoms with Crippen LogP contribution in [0.1, 0.15) is 30.0 Å². The van der Waals surface area contributed by atoms with Crippen LogP contribution in [-0.2, 0) is 17.8 Å². The molecule has 6 heteroatoms. The maximum Gasteiger partial charge on any atom is 0.222 e. The summed E-state index contributed by atoms with van der Waals surface area (Å²) < 4.78 is 18.4. The maximum absolute atomic E-state index is 12.7. The second kappa shape index (κ2) is 8.07. The highest BCUT2D eigenvalue weighted by Gasteiger charge is 2.26. The smallest absolute Gasteiger partial charge is 0.222 e. The van der Waals surface area contributed by atoms with Crippen LogP contribution in [0.2, 0.25) is 0 Å². The molecule has 1 aromatic heterocycles. The van der Waals surface area contributed by atoms with Crippen LogP contribution in [0.5, 0.6) is 17.2 Å². The number of carbonyl (C=O) groups excluding carboxylic acids is 1. The molecule has 1 atom stereocenters. The fourth-order valence-electron chi connectivity index (χ4n) is 4.15. The summed E-state index contributed by atoms with van der Waals surface area (Å²) in [5.74, 6) is 2.28. The number of hydrogen-bond donors (Lipinski definition) is 1. The monoisotopic (exact) mass is 394 g/mol. The van der Waals surface area contributed by atoms with E-state index in [1.54, 1.807) is 21.3 Å². The maximum atomic E-state index is 12.7. The Bertz CT molecular complexity index is 1040. The molecule has 1 aliphatic rings. The van der Waals surface area contributed by atoms with Crippen molar-refractivity contribution in [3.05, 3.63) is 53.7 Å². The first-order valence-electron chi connectivity index (χ1n) is 9.80. The highest BCUT2D eigenvalue weighted by atomic mass is 16.5. The number of amides is 1. The third-order valence-corrected chi connectivity index (χ3v) is 5.61. The number of hydrogen-bond acceptors (Lipinski definition) is 4. The number of aromatic nitrogens is 1. The van der Waals surface area contributed by atoms with Gasteiger partial charge in [-0.2, -0.15) is 0 Å². The number of para-hydroxylation sites is 1. The Morgan fingerprint density at radius 1 is 1.07 bits per heavy atom. The number of nitrogens with zero attached hydrogens (tertiary/aromatic N) is 1. The highest BCUT2D eigenvalue weighted by molar-refractivity contribution is 5.86. The second-order valence-electron chi connectivity index (χ2n) is 7.22. The van der Waals surface area contributed by atoms with E-state index in [9.17, 15) is 4.79 Å². The van der Waals surface area contributed by atoms with Gasteiger partial charge in [0.25, 0.3) is 0 Å². The van der Waals surface area contributed by atoms with Crippen molar-refractivity contribution < 1.29 is 19.0 Å². The summed E-state index contributed by atoms with van der Waals surface area (Å²) in [4.78, 5) is 12.7. The van der Waals surface area contributed by atoms with E-state index in [0.29, 0.717) is 18.7 Å². The third-order valence-electron chi connectivity index (χ3n) is 5.61. The van der Waals surface area contributed by atoms with Gasteiger partial charge in [0, 0.05) is 24.5 Å². The van der Waals surface area contributed by atoms with Gasteiger partial charge in [-0.1, -0.05) is 12.1 Å². The predicted molar refractivity (Wildman–Crippen MR) is 112 cm³/mol. The van der Waals surface area contributed by atoms with Crippen molar-refractivity contribution in [2.24, 2.45) is 0 Å². The van der Waals surface area contributed by atoms with E-state index in [4.69, 9.17) is 14.2 Å². The van der Waals surface area contributed by atoms with E-state index in [2.05, 4.69) is 9.88 Å². The zero-order valence-electron chi connectivity index (χ0n) is 17.0. The first-order valence-corrected chi connectivity index (χ1v) is 9.80. The summed E-state index contributed by atoms with van der Waals surface area (Å²) in [6.07, 6.45) is 4.21. The van der Waals surface area contributed by atoms with Crippen LogP contribution in [0.15, 0.2) is 42.6 Å². The molecule has 3 aromatic rings. The molecule has 0 saturated heterocycles. The van der Waals surface area contributed by atoms with Gasteiger partial charge in [0.2, 0.25) is 5.91 Å². The Labute approximate surface area is 170 Å². The first kappa shape index (κ1) is 19.2. The van der Waals surface area contributed by atoms with E-state index in [1.165, 1.54) is 5.56 Å². The number of benzene rings is 2. The number of aryl methyl sites for hydroxylation is 2.